The van der Waals surface area contributed by atoms with E-state index in [0.717, 1.165) is 66.8 Å². The van der Waals surface area contributed by atoms with Crippen LogP contribution in [0.4, 0.5) is 0 Å². The third kappa shape index (κ3) is 6.24. The number of hydrogen-bond acceptors (Lipinski definition) is 3. The smallest absolute Gasteiger partial charge is 0.337 e. The van der Waals surface area contributed by atoms with Crippen molar-refractivity contribution in [1.82, 2.24) is 0 Å². The summed E-state index contributed by atoms with van der Waals surface area (Å²) >= 11 is 6.17. The van der Waals surface area contributed by atoms with Crippen LogP contribution in [0.15, 0.2) is 54.6 Å². The zero-order valence-electron chi connectivity index (χ0n) is 20.8. The van der Waals surface area contributed by atoms with E-state index < -0.39 is 23.3 Å². The Morgan fingerprint density at radius 2 is 1.71 bits per heavy atom. The number of hydrogen-bond donors (Lipinski definition) is 2. The van der Waals surface area contributed by atoms with E-state index in [2.05, 4.69) is 18.2 Å². The molecule has 3 aromatic carbocycles. The van der Waals surface area contributed by atoms with E-state index in [0.29, 0.717) is 10.6 Å². The lowest BCUT2D eigenvalue weighted by atomic mass is 9.88. The van der Waals surface area contributed by atoms with Crippen molar-refractivity contribution in [2.45, 2.75) is 83.0 Å². The van der Waals surface area contributed by atoms with Crippen LogP contribution in [0.5, 0.6) is 0 Å². The molecule has 1 saturated carbocycles. The standard InChI is InChI=1S/C30H35ClO4/c1-29(2,3)35-27(28(32)33)24-15-12-21-9-8-20(7-6-18-30(34)16-4-5-17-30)19-25(21)26(24)22-10-13-23(31)14-11-22/h8-15,19,27,34H,4-7,16-18H2,1-3H3,(H,32,33). The maximum Gasteiger partial charge on any atom is 0.337 e. The van der Waals surface area contributed by atoms with Gasteiger partial charge in [0.1, 0.15) is 0 Å². The highest BCUT2D eigenvalue weighted by molar-refractivity contribution is 6.30. The number of aliphatic carboxylic acids is 1. The maximum absolute atomic E-state index is 12.3. The molecule has 1 atom stereocenters. The van der Waals surface area contributed by atoms with Crippen LogP contribution in [0.1, 0.15) is 76.5 Å². The van der Waals surface area contributed by atoms with Crippen molar-refractivity contribution in [2.24, 2.45) is 0 Å². The number of aliphatic hydroxyl groups is 1. The predicted molar refractivity (Wildman–Crippen MR) is 142 cm³/mol. The Hall–Kier alpha value is -2.40. The van der Waals surface area contributed by atoms with Crippen molar-refractivity contribution in [2.75, 3.05) is 0 Å². The summed E-state index contributed by atoms with van der Waals surface area (Å²) in [6.07, 6.45) is 5.52. The number of carboxylic acid groups (broad SMARTS) is 1. The molecule has 1 aliphatic carbocycles. The molecule has 5 heteroatoms. The summed E-state index contributed by atoms with van der Waals surface area (Å²) in [5, 5.41) is 23.5. The van der Waals surface area contributed by atoms with Gasteiger partial charge in [0, 0.05) is 10.6 Å². The van der Waals surface area contributed by atoms with Gasteiger partial charge in [0.2, 0.25) is 0 Å². The zero-order chi connectivity index (χ0) is 25.2. The first-order valence-corrected chi connectivity index (χ1v) is 12.9. The SMILES string of the molecule is CC(C)(C)OC(C(=O)O)c1ccc2ccc(CCCC3(O)CCCC3)cc2c1-c1ccc(Cl)cc1. The molecule has 3 aromatic rings. The van der Waals surface area contributed by atoms with Gasteiger partial charge in [-0.05, 0) is 92.5 Å². The van der Waals surface area contributed by atoms with Crippen molar-refractivity contribution in [3.63, 3.8) is 0 Å². The fourth-order valence-corrected chi connectivity index (χ4v) is 5.33. The van der Waals surface area contributed by atoms with Gasteiger partial charge in [0.15, 0.2) is 6.10 Å². The average molecular weight is 495 g/mol. The van der Waals surface area contributed by atoms with E-state index >= 15 is 0 Å². The van der Waals surface area contributed by atoms with Crippen LogP contribution in [-0.4, -0.2) is 27.4 Å². The van der Waals surface area contributed by atoms with Gasteiger partial charge < -0.3 is 14.9 Å². The molecule has 0 heterocycles. The van der Waals surface area contributed by atoms with Gasteiger partial charge in [0.05, 0.1) is 11.2 Å². The Morgan fingerprint density at radius 3 is 2.34 bits per heavy atom. The molecule has 0 saturated heterocycles. The molecule has 4 rings (SSSR count). The molecule has 1 unspecified atom stereocenters. The number of aryl methyl sites for hydroxylation is 1. The minimum absolute atomic E-state index is 0.502. The number of carboxylic acids is 1. The first-order valence-electron chi connectivity index (χ1n) is 12.5. The second-order valence-electron chi connectivity index (χ2n) is 10.8. The molecule has 0 radical (unpaired) electrons. The Morgan fingerprint density at radius 1 is 1.06 bits per heavy atom. The molecule has 0 aromatic heterocycles. The largest absolute Gasteiger partial charge is 0.479 e. The maximum atomic E-state index is 12.3. The average Bonchev–Trinajstić information content (AvgIpc) is 3.23. The second-order valence-corrected chi connectivity index (χ2v) is 11.3. The van der Waals surface area contributed by atoms with E-state index in [9.17, 15) is 15.0 Å². The monoisotopic (exact) mass is 494 g/mol. The minimum Gasteiger partial charge on any atom is -0.479 e. The third-order valence-corrected chi connectivity index (χ3v) is 7.12. The quantitative estimate of drug-likeness (QED) is 0.336. The normalized spacial score (nSPS) is 16.5. The number of fused-ring (bicyclic) bond motifs is 1. The topological polar surface area (TPSA) is 66.8 Å². The fourth-order valence-electron chi connectivity index (χ4n) is 5.20. The summed E-state index contributed by atoms with van der Waals surface area (Å²) in [6, 6.07) is 17.7. The number of halogens is 1. The summed E-state index contributed by atoms with van der Waals surface area (Å²) in [4.78, 5) is 12.3. The summed E-state index contributed by atoms with van der Waals surface area (Å²) in [5.41, 5.74) is 2.42. The summed E-state index contributed by atoms with van der Waals surface area (Å²) in [5.74, 6) is -1.02. The first kappa shape index (κ1) is 25.7. The lowest BCUT2D eigenvalue weighted by Gasteiger charge is -2.27. The van der Waals surface area contributed by atoms with E-state index in [1.807, 2.05) is 57.2 Å². The van der Waals surface area contributed by atoms with Crippen LogP contribution < -0.4 is 0 Å². The first-order chi connectivity index (χ1) is 16.5. The molecule has 0 bridgehead atoms. The van der Waals surface area contributed by atoms with Gasteiger partial charge in [0.25, 0.3) is 0 Å². The highest BCUT2D eigenvalue weighted by Crippen LogP contribution is 2.39. The molecular formula is C30H35ClO4. The van der Waals surface area contributed by atoms with Crippen LogP contribution in [0.25, 0.3) is 21.9 Å². The van der Waals surface area contributed by atoms with Crippen LogP contribution in [0, 0.1) is 0 Å². The minimum atomic E-state index is -1.11. The molecular weight excluding hydrogens is 460 g/mol. The molecule has 1 fully saturated rings. The van der Waals surface area contributed by atoms with Crippen molar-refractivity contribution in [1.29, 1.82) is 0 Å². The van der Waals surface area contributed by atoms with Gasteiger partial charge in [-0.15, -0.1) is 0 Å². The van der Waals surface area contributed by atoms with Gasteiger partial charge in [-0.2, -0.15) is 0 Å². The summed E-state index contributed by atoms with van der Waals surface area (Å²) < 4.78 is 6.03. The van der Waals surface area contributed by atoms with Crippen LogP contribution >= 0.6 is 11.6 Å². The fraction of sp³-hybridized carbons (Fsp3) is 0.433. The van der Waals surface area contributed by atoms with E-state index in [4.69, 9.17) is 16.3 Å². The second kappa shape index (κ2) is 10.3. The molecule has 1 aliphatic rings. The van der Waals surface area contributed by atoms with E-state index in [1.165, 1.54) is 5.56 Å². The van der Waals surface area contributed by atoms with Crippen molar-refractivity contribution in [3.05, 3.63) is 70.7 Å². The molecule has 186 valence electrons. The zero-order valence-corrected chi connectivity index (χ0v) is 21.6. The number of rotatable bonds is 8. The van der Waals surface area contributed by atoms with Crippen molar-refractivity contribution in [3.8, 4) is 11.1 Å². The lowest BCUT2D eigenvalue weighted by molar-refractivity contribution is -0.160. The summed E-state index contributed by atoms with van der Waals surface area (Å²) in [6.45, 7) is 5.59. The van der Waals surface area contributed by atoms with Crippen LogP contribution in [-0.2, 0) is 16.0 Å². The molecule has 0 aliphatic heterocycles. The van der Waals surface area contributed by atoms with E-state index in [1.54, 1.807) is 0 Å². The van der Waals surface area contributed by atoms with Crippen LogP contribution in [0.3, 0.4) is 0 Å². The highest BCUT2D eigenvalue weighted by Gasteiger charge is 2.31. The van der Waals surface area contributed by atoms with Crippen molar-refractivity contribution < 1.29 is 19.7 Å². The number of benzene rings is 3. The number of carbonyl (C=O) groups is 1. The Balaban J connectivity index is 1.77. The Kier molecular flexibility index (Phi) is 7.56. The summed E-state index contributed by atoms with van der Waals surface area (Å²) in [7, 11) is 0. The van der Waals surface area contributed by atoms with Gasteiger partial charge >= 0.3 is 5.97 Å². The van der Waals surface area contributed by atoms with Gasteiger partial charge in [-0.3, -0.25) is 0 Å². The third-order valence-electron chi connectivity index (χ3n) is 6.87. The Bertz CT molecular complexity index is 1190. The van der Waals surface area contributed by atoms with E-state index in [-0.39, 0.29) is 0 Å². The molecule has 0 amide bonds. The molecule has 35 heavy (non-hydrogen) atoms. The van der Waals surface area contributed by atoms with Crippen molar-refractivity contribution >= 4 is 28.3 Å². The van der Waals surface area contributed by atoms with Crippen LogP contribution in [0.2, 0.25) is 5.02 Å². The highest BCUT2D eigenvalue weighted by atomic mass is 35.5. The van der Waals surface area contributed by atoms with Gasteiger partial charge in [-0.25, -0.2) is 4.79 Å². The predicted octanol–water partition coefficient (Wildman–Crippen LogP) is 7.73. The lowest BCUT2D eigenvalue weighted by Crippen LogP contribution is -2.27. The molecule has 0 spiro atoms. The number of ether oxygens (including phenoxy) is 1. The molecule has 2 N–H and O–H groups in total. The van der Waals surface area contributed by atoms with Gasteiger partial charge in [-0.1, -0.05) is 66.9 Å². The molecule has 4 nitrogen and oxygen atoms in total. The Labute approximate surface area is 212 Å².